The Morgan fingerprint density at radius 2 is 2.24 bits per heavy atom. The van der Waals surface area contributed by atoms with E-state index in [0.29, 0.717) is 30.3 Å². The fraction of sp³-hybridized carbons (Fsp3) is 0.500. The van der Waals surface area contributed by atoms with Crippen molar-refractivity contribution in [2.75, 3.05) is 18.4 Å². The van der Waals surface area contributed by atoms with Gasteiger partial charge in [-0.2, -0.15) is 0 Å². The Morgan fingerprint density at radius 1 is 1.38 bits per heavy atom. The number of amides is 2. The van der Waals surface area contributed by atoms with Crippen molar-refractivity contribution >= 4 is 17.5 Å². The first kappa shape index (κ1) is 15.5. The number of anilines is 1. The van der Waals surface area contributed by atoms with E-state index in [1.165, 1.54) is 6.42 Å². The molecule has 21 heavy (non-hydrogen) atoms. The van der Waals surface area contributed by atoms with Gasteiger partial charge in [-0.3, -0.25) is 9.59 Å². The lowest BCUT2D eigenvalue weighted by atomic mass is 10.1. The van der Waals surface area contributed by atoms with E-state index in [-0.39, 0.29) is 11.8 Å². The molecule has 0 radical (unpaired) electrons. The van der Waals surface area contributed by atoms with Gasteiger partial charge >= 0.3 is 0 Å². The number of rotatable bonds is 6. The lowest BCUT2D eigenvalue weighted by Crippen LogP contribution is -2.37. The second kappa shape index (κ2) is 7.78. The highest BCUT2D eigenvalue weighted by Gasteiger charge is 2.15. The number of hydrogen-bond donors (Lipinski definition) is 3. The highest BCUT2D eigenvalue weighted by atomic mass is 16.2. The molecule has 1 fully saturated rings. The van der Waals surface area contributed by atoms with Crippen LogP contribution < -0.4 is 16.0 Å². The van der Waals surface area contributed by atoms with Gasteiger partial charge in [0.1, 0.15) is 0 Å². The average Bonchev–Trinajstić information content (AvgIpc) is 2.98. The topological polar surface area (TPSA) is 70.2 Å². The molecule has 1 saturated heterocycles. The van der Waals surface area contributed by atoms with Crippen LogP contribution in [0, 0.1) is 0 Å². The standard InChI is InChI=1S/C16H23N3O2/c1-2-5-15(20)19-13-7-3-6-12(10-13)16(21)18-11-14-8-4-9-17-14/h3,6-7,10,14,17H,2,4-5,8-9,11H2,1H3,(H,18,21)(H,19,20)/t14-/m1/s1. The minimum absolute atomic E-state index is 0.0230. The third-order valence-electron chi connectivity index (χ3n) is 3.56. The SMILES string of the molecule is CCCC(=O)Nc1cccc(C(=O)NC[C@H]2CCCN2)c1. The summed E-state index contributed by atoms with van der Waals surface area (Å²) in [5.74, 6) is -0.125. The summed E-state index contributed by atoms with van der Waals surface area (Å²) < 4.78 is 0. The minimum Gasteiger partial charge on any atom is -0.350 e. The van der Waals surface area contributed by atoms with Gasteiger partial charge in [0.2, 0.25) is 5.91 Å². The molecular weight excluding hydrogens is 266 g/mol. The molecule has 1 aromatic rings. The van der Waals surface area contributed by atoms with Crippen LogP contribution in [0.5, 0.6) is 0 Å². The fourth-order valence-corrected chi connectivity index (χ4v) is 2.44. The summed E-state index contributed by atoms with van der Waals surface area (Å²) in [6.45, 7) is 3.63. The summed E-state index contributed by atoms with van der Waals surface area (Å²) in [6.07, 6.45) is 3.57. The van der Waals surface area contributed by atoms with E-state index < -0.39 is 0 Å². The lowest BCUT2D eigenvalue weighted by Gasteiger charge is -2.12. The molecular formula is C16H23N3O2. The van der Waals surface area contributed by atoms with Crippen LogP contribution in [0.3, 0.4) is 0 Å². The van der Waals surface area contributed by atoms with Gasteiger partial charge in [-0.25, -0.2) is 0 Å². The first-order chi connectivity index (χ1) is 10.2. The van der Waals surface area contributed by atoms with Crippen LogP contribution in [-0.4, -0.2) is 30.9 Å². The zero-order chi connectivity index (χ0) is 15.1. The van der Waals surface area contributed by atoms with Gasteiger partial charge in [-0.1, -0.05) is 13.0 Å². The predicted molar refractivity (Wildman–Crippen MR) is 83.3 cm³/mol. The zero-order valence-electron chi connectivity index (χ0n) is 12.4. The van der Waals surface area contributed by atoms with Crippen LogP contribution in [0.4, 0.5) is 5.69 Å². The van der Waals surface area contributed by atoms with Crippen molar-refractivity contribution < 1.29 is 9.59 Å². The maximum Gasteiger partial charge on any atom is 0.251 e. The van der Waals surface area contributed by atoms with Crippen molar-refractivity contribution in [3.63, 3.8) is 0 Å². The molecule has 2 rings (SSSR count). The molecule has 0 unspecified atom stereocenters. The van der Waals surface area contributed by atoms with E-state index >= 15 is 0 Å². The molecule has 114 valence electrons. The normalized spacial score (nSPS) is 17.5. The Kier molecular flexibility index (Phi) is 5.75. The Hall–Kier alpha value is -1.88. The van der Waals surface area contributed by atoms with E-state index in [2.05, 4.69) is 16.0 Å². The van der Waals surface area contributed by atoms with Crippen LogP contribution >= 0.6 is 0 Å². The van der Waals surface area contributed by atoms with Crippen molar-refractivity contribution in [3.8, 4) is 0 Å². The largest absolute Gasteiger partial charge is 0.350 e. The maximum atomic E-state index is 12.1. The Balaban J connectivity index is 1.89. The molecule has 1 aromatic carbocycles. The van der Waals surface area contributed by atoms with Gasteiger partial charge in [0.05, 0.1) is 0 Å². The number of nitrogens with one attached hydrogen (secondary N) is 3. The Labute approximate surface area is 125 Å². The molecule has 3 N–H and O–H groups in total. The van der Waals surface area contributed by atoms with Crippen LogP contribution in [0.2, 0.25) is 0 Å². The second-order valence-corrected chi connectivity index (χ2v) is 5.38. The quantitative estimate of drug-likeness (QED) is 0.749. The summed E-state index contributed by atoms with van der Waals surface area (Å²) in [5, 5.41) is 9.08. The maximum absolute atomic E-state index is 12.1. The van der Waals surface area contributed by atoms with E-state index in [0.717, 1.165) is 19.4 Å². The number of carbonyl (C=O) groups is 2. The van der Waals surface area contributed by atoms with Gasteiger partial charge in [-0.15, -0.1) is 0 Å². The smallest absolute Gasteiger partial charge is 0.251 e. The van der Waals surface area contributed by atoms with Gasteiger partial charge < -0.3 is 16.0 Å². The number of benzene rings is 1. The zero-order valence-corrected chi connectivity index (χ0v) is 12.4. The molecule has 2 amide bonds. The van der Waals surface area contributed by atoms with Crippen molar-refractivity contribution in [1.82, 2.24) is 10.6 Å². The molecule has 1 heterocycles. The summed E-state index contributed by atoms with van der Waals surface area (Å²) in [5.41, 5.74) is 1.24. The average molecular weight is 289 g/mol. The van der Waals surface area contributed by atoms with E-state index in [4.69, 9.17) is 0 Å². The highest BCUT2D eigenvalue weighted by Crippen LogP contribution is 2.11. The monoisotopic (exact) mass is 289 g/mol. The molecule has 1 atom stereocenters. The number of carbonyl (C=O) groups excluding carboxylic acids is 2. The van der Waals surface area contributed by atoms with Crippen LogP contribution in [0.25, 0.3) is 0 Å². The first-order valence-electron chi connectivity index (χ1n) is 7.60. The van der Waals surface area contributed by atoms with Gasteiger partial charge in [0, 0.05) is 30.3 Å². The van der Waals surface area contributed by atoms with Crippen molar-refractivity contribution in [2.24, 2.45) is 0 Å². The van der Waals surface area contributed by atoms with E-state index in [1.807, 2.05) is 6.92 Å². The van der Waals surface area contributed by atoms with Crippen molar-refractivity contribution in [1.29, 1.82) is 0 Å². The number of hydrogen-bond acceptors (Lipinski definition) is 3. The molecule has 0 aliphatic carbocycles. The molecule has 1 aliphatic rings. The van der Waals surface area contributed by atoms with E-state index in [1.54, 1.807) is 24.3 Å². The highest BCUT2D eigenvalue weighted by molar-refractivity contribution is 5.97. The minimum atomic E-state index is -0.102. The molecule has 1 aliphatic heterocycles. The van der Waals surface area contributed by atoms with Crippen molar-refractivity contribution in [3.05, 3.63) is 29.8 Å². The van der Waals surface area contributed by atoms with Crippen molar-refractivity contribution in [2.45, 2.75) is 38.6 Å². The molecule has 0 bridgehead atoms. The van der Waals surface area contributed by atoms with Crippen LogP contribution in [-0.2, 0) is 4.79 Å². The third kappa shape index (κ3) is 4.86. The Morgan fingerprint density at radius 3 is 2.95 bits per heavy atom. The van der Waals surface area contributed by atoms with Gasteiger partial charge in [0.25, 0.3) is 5.91 Å². The summed E-state index contributed by atoms with van der Waals surface area (Å²) in [6, 6.07) is 7.42. The van der Waals surface area contributed by atoms with Gasteiger partial charge in [0.15, 0.2) is 0 Å². The van der Waals surface area contributed by atoms with Crippen LogP contribution in [0.15, 0.2) is 24.3 Å². The predicted octanol–water partition coefficient (Wildman–Crippen LogP) is 1.91. The molecule has 0 spiro atoms. The first-order valence-corrected chi connectivity index (χ1v) is 7.60. The third-order valence-corrected chi connectivity index (χ3v) is 3.56. The summed E-state index contributed by atoms with van der Waals surface area (Å²) in [7, 11) is 0. The lowest BCUT2D eigenvalue weighted by molar-refractivity contribution is -0.116. The molecule has 0 aromatic heterocycles. The molecule has 0 saturated carbocycles. The van der Waals surface area contributed by atoms with Gasteiger partial charge in [-0.05, 0) is 44.0 Å². The molecule has 5 heteroatoms. The fourth-order valence-electron chi connectivity index (χ4n) is 2.44. The molecule has 5 nitrogen and oxygen atoms in total. The summed E-state index contributed by atoms with van der Waals surface area (Å²) >= 11 is 0. The second-order valence-electron chi connectivity index (χ2n) is 5.38. The van der Waals surface area contributed by atoms with Crippen LogP contribution in [0.1, 0.15) is 43.0 Å². The Bertz CT molecular complexity index is 496. The summed E-state index contributed by atoms with van der Waals surface area (Å²) in [4.78, 5) is 23.7. The van der Waals surface area contributed by atoms with E-state index in [9.17, 15) is 9.59 Å².